The molecule has 0 aliphatic rings. The number of benzene rings is 8. The van der Waals surface area contributed by atoms with E-state index in [0.29, 0.717) is 0 Å². The number of rotatable bonds is 5. The molecule has 3 aromatic heterocycles. The quantitative estimate of drug-likeness (QED) is 0.174. The van der Waals surface area contributed by atoms with E-state index in [1.54, 1.807) is 0 Å². The van der Waals surface area contributed by atoms with Gasteiger partial charge in [-0.3, -0.25) is 0 Å². The average Bonchev–Trinajstić information content (AvgIpc) is 3.88. The highest BCUT2D eigenvalue weighted by Crippen LogP contribution is 2.49. The van der Waals surface area contributed by atoms with Crippen molar-refractivity contribution < 1.29 is 0 Å². The van der Waals surface area contributed by atoms with Crippen molar-refractivity contribution in [1.29, 1.82) is 0 Å². The fourth-order valence-corrected chi connectivity index (χ4v) is 10.5. The van der Waals surface area contributed by atoms with Gasteiger partial charge in [0.1, 0.15) is 0 Å². The van der Waals surface area contributed by atoms with Crippen LogP contribution in [0.2, 0.25) is 0 Å². The summed E-state index contributed by atoms with van der Waals surface area (Å²) < 4.78 is 7.61. The SMILES string of the molecule is c1ccc(-c2ccc(N(c3cccc(-n4c5ccccc5c5ccccc54)c3)c3ccc4c(c3)sc3ccccc34)c3c2sc2ccccc23)cc1. The van der Waals surface area contributed by atoms with Gasteiger partial charge in [-0.15, -0.1) is 22.7 Å². The maximum absolute atomic E-state index is 2.48. The third-order valence-electron chi connectivity index (χ3n) is 10.4. The lowest BCUT2D eigenvalue weighted by atomic mass is 10.00. The van der Waals surface area contributed by atoms with Crippen LogP contribution in [-0.2, 0) is 0 Å². The molecule has 11 rings (SSSR count). The highest BCUT2D eigenvalue weighted by Gasteiger charge is 2.22. The van der Waals surface area contributed by atoms with E-state index in [1.165, 1.54) is 79.0 Å². The Kier molecular flexibility index (Phi) is 6.63. The minimum Gasteiger partial charge on any atom is -0.310 e. The fourth-order valence-electron chi connectivity index (χ4n) is 8.09. The Morgan fingerprint density at radius 2 is 1.02 bits per heavy atom. The number of para-hydroxylation sites is 2. The van der Waals surface area contributed by atoms with Crippen molar-refractivity contribution in [3.8, 4) is 16.8 Å². The van der Waals surface area contributed by atoms with Crippen molar-refractivity contribution in [2.75, 3.05) is 4.90 Å². The molecule has 0 N–H and O–H groups in total. The Labute approximate surface area is 308 Å². The molecule has 0 aliphatic carbocycles. The summed E-state index contributed by atoms with van der Waals surface area (Å²) in [5.74, 6) is 0. The number of fused-ring (bicyclic) bond motifs is 9. The molecule has 0 bridgehead atoms. The second-order valence-electron chi connectivity index (χ2n) is 13.3. The minimum atomic E-state index is 1.11. The van der Waals surface area contributed by atoms with Gasteiger partial charge >= 0.3 is 0 Å². The van der Waals surface area contributed by atoms with E-state index < -0.39 is 0 Å². The molecule has 0 saturated heterocycles. The van der Waals surface area contributed by atoms with Crippen LogP contribution in [0.4, 0.5) is 17.1 Å². The van der Waals surface area contributed by atoms with Gasteiger partial charge in [0.05, 0.1) is 16.7 Å². The molecule has 0 amide bonds. The zero-order valence-electron chi connectivity index (χ0n) is 28.0. The van der Waals surface area contributed by atoms with Gasteiger partial charge in [0, 0.05) is 68.2 Å². The molecule has 8 aromatic carbocycles. The number of hydrogen-bond acceptors (Lipinski definition) is 3. The lowest BCUT2D eigenvalue weighted by Crippen LogP contribution is -2.11. The van der Waals surface area contributed by atoms with E-state index in [-0.39, 0.29) is 0 Å². The van der Waals surface area contributed by atoms with E-state index in [9.17, 15) is 0 Å². The van der Waals surface area contributed by atoms with E-state index in [0.717, 1.165) is 17.1 Å². The molecular formula is C48H30N2S2. The lowest BCUT2D eigenvalue weighted by molar-refractivity contribution is 1.17. The van der Waals surface area contributed by atoms with Crippen LogP contribution in [0, 0.1) is 0 Å². The first kappa shape index (κ1) is 29.5. The second kappa shape index (κ2) is 11.7. The highest BCUT2D eigenvalue weighted by molar-refractivity contribution is 7.26. The van der Waals surface area contributed by atoms with Gasteiger partial charge in [-0.25, -0.2) is 0 Å². The molecule has 244 valence electrons. The van der Waals surface area contributed by atoms with Crippen LogP contribution in [0.25, 0.3) is 79.0 Å². The molecule has 52 heavy (non-hydrogen) atoms. The van der Waals surface area contributed by atoms with Crippen LogP contribution in [0.5, 0.6) is 0 Å². The monoisotopic (exact) mass is 698 g/mol. The van der Waals surface area contributed by atoms with Gasteiger partial charge in [-0.05, 0) is 71.8 Å². The maximum Gasteiger partial charge on any atom is 0.0555 e. The molecular weight excluding hydrogens is 669 g/mol. The Balaban J connectivity index is 1.21. The van der Waals surface area contributed by atoms with E-state index in [1.807, 2.05) is 22.7 Å². The normalized spacial score (nSPS) is 11.8. The van der Waals surface area contributed by atoms with Gasteiger partial charge < -0.3 is 9.47 Å². The fraction of sp³-hybridized carbons (Fsp3) is 0. The zero-order chi connectivity index (χ0) is 34.2. The topological polar surface area (TPSA) is 8.17 Å². The van der Waals surface area contributed by atoms with Crippen LogP contribution >= 0.6 is 22.7 Å². The van der Waals surface area contributed by atoms with Crippen LogP contribution in [0.1, 0.15) is 0 Å². The smallest absolute Gasteiger partial charge is 0.0555 e. The predicted molar refractivity (Wildman–Crippen MR) is 227 cm³/mol. The first-order chi connectivity index (χ1) is 25.8. The summed E-state index contributed by atoms with van der Waals surface area (Å²) in [6, 6.07) is 66.7. The number of hydrogen-bond donors (Lipinski definition) is 0. The van der Waals surface area contributed by atoms with Gasteiger partial charge in [0.25, 0.3) is 0 Å². The summed E-state index contributed by atoms with van der Waals surface area (Å²) in [6.07, 6.45) is 0. The van der Waals surface area contributed by atoms with Crippen molar-refractivity contribution >= 4 is 102 Å². The van der Waals surface area contributed by atoms with Crippen LogP contribution in [-0.4, -0.2) is 4.57 Å². The second-order valence-corrected chi connectivity index (χ2v) is 15.4. The molecule has 2 nitrogen and oxygen atoms in total. The molecule has 11 aromatic rings. The molecule has 0 radical (unpaired) electrons. The van der Waals surface area contributed by atoms with Gasteiger partial charge in [-0.2, -0.15) is 0 Å². The molecule has 3 heterocycles. The summed E-state index contributed by atoms with van der Waals surface area (Å²) in [5.41, 5.74) is 9.47. The van der Waals surface area contributed by atoms with Crippen molar-refractivity contribution in [3.05, 3.63) is 182 Å². The largest absolute Gasteiger partial charge is 0.310 e. The molecule has 0 saturated carbocycles. The Bertz CT molecular complexity index is 3090. The Morgan fingerprint density at radius 1 is 0.404 bits per heavy atom. The first-order valence-electron chi connectivity index (χ1n) is 17.6. The summed E-state index contributed by atoms with van der Waals surface area (Å²) in [4.78, 5) is 2.48. The lowest BCUT2D eigenvalue weighted by Gasteiger charge is -2.28. The summed E-state index contributed by atoms with van der Waals surface area (Å²) >= 11 is 3.75. The van der Waals surface area contributed by atoms with E-state index in [4.69, 9.17) is 0 Å². The van der Waals surface area contributed by atoms with Crippen molar-refractivity contribution in [2.24, 2.45) is 0 Å². The average molecular weight is 699 g/mol. The Hall–Kier alpha value is -6.20. The third-order valence-corrected chi connectivity index (χ3v) is 12.7. The van der Waals surface area contributed by atoms with Crippen LogP contribution in [0.15, 0.2) is 182 Å². The molecule has 0 spiro atoms. The molecule has 0 fully saturated rings. The Morgan fingerprint density at radius 3 is 1.79 bits per heavy atom. The zero-order valence-corrected chi connectivity index (χ0v) is 29.7. The number of anilines is 3. The van der Waals surface area contributed by atoms with Crippen LogP contribution in [0.3, 0.4) is 0 Å². The molecule has 0 atom stereocenters. The third kappa shape index (κ3) is 4.48. The predicted octanol–water partition coefficient (Wildman–Crippen LogP) is 14.7. The van der Waals surface area contributed by atoms with Gasteiger partial charge in [0.15, 0.2) is 0 Å². The maximum atomic E-state index is 2.48. The van der Waals surface area contributed by atoms with E-state index >= 15 is 0 Å². The summed E-state index contributed by atoms with van der Waals surface area (Å²) in [7, 11) is 0. The molecule has 0 aliphatic heterocycles. The van der Waals surface area contributed by atoms with Gasteiger partial charge in [-0.1, -0.05) is 121 Å². The first-order valence-corrected chi connectivity index (χ1v) is 19.2. The van der Waals surface area contributed by atoms with Crippen molar-refractivity contribution in [2.45, 2.75) is 0 Å². The van der Waals surface area contributed by atoms with Crippen molar-refractivity contribution in [1.82, 2.24) is 4.57 Å². The summed E-state index contributed by atoms with van der Waals surface area (Å²) in [6.45, 7) is 0. The van der Waals surface area contributed by atoms with Crippen molar-refractivity contribution in [3.63, 3.8) is 0 Å². The standard InChI is InChI=1S/C48H30N2S2/c1-2-13-31(14-3-1)35-27-28-43(47-40-20-7-11-24-45(40)52-48(35)47)49(34-25-26-39-38-19-6-10-23-44(38)51-46(39)30-34)32-15-12-16-33(29-32)50-41-21-8-4-17-36(41)37-18-5-9-22-42(37)50/h1-30H. The molecule has 0 unspecified atom stereocenters. The summed E-state index contributed by atoms with van der Waals surface area (Å²) in [5, 5.41) is 7.70. The van der Waals surface area contributed by atoms with E-state index in [2.05, 4.69) is 191 Å². The number of nitrogens with zero attached hydrogens (tertiary/aromatic N) is 2. The number of thiophene rings is 2. The van der Waals surface area contributed by atoms with Gasteiger partial charge in [0.2, 0.25) is 0 Å². The molecule has 4 heteroatoms. The highest BCUT2D eigenvalue weighted by atomic mass is 32.1. The minimum absolute atomic E-state index is 1.11. The number of aromatic nitrogens is 1. The van der Waals surface area contributed by atoms with Crippen LogP contribution < -0.4 is 4.90 Å².